The summed E-state index contributed by atoms with van der Waals surface area (Å²) in [5.41, 5.74) is 1.00. The Kier molecular flexibility index (Phi) is 6.25. The van der Waals surface area contributed by atoms with Crippen molar-refractivity contribution in [3.8, 4) is 0 Å². The van der Waals surface area contributed by atoms with Gasteiger partial charge in [0, 0.05) is 37.1 Å². The van der Waals surface area contributed by atoms with Gasteiger partial charge in [0.2, 0.25) is 5.95 Å². The monoisotopic (exact) mass is 268 g/mol. The van der Waals surface area contributed by atoms with Crippen molar-refractivity contribution < 1.29 is 0 Å². The fourth-order valence-corrected chi connectivity index (χ4v) is 2.33. The van der Waals surface area contributed by atoms with E-state index in [1.165, 1.54) is 0 Å². The molecule has 1 N–H and O–H groups in total. The first kappa shape index (κ1) is 15.1. The predicted molar refractivity (Wildman–Crippen MR) is 81.8 cm³/mol. The molecule has 102 valence electrons. The van der Waals surface area contributed by atoms with E-state index in [4.69, 9.17) is 0 Å². The highest BCUT2D eigenvalue weighted by atomic mass is 32.2. The first-order valence-corrected chi connectivity index (χ1v) is 7.79. The highest BCUT2D eigenvalue weighted by molar-refractivity contribution is 7.98. The maximum Gasteiger partial charge on any atom is 0.224 e. The lowest BCUT2D eigenvalue weighted by molar-refractivity contribution is 0.750. The van der Waals surface area contributed by atoms with Gasteiger partial charge in [-0.3, -0.25) is 0 Å². The summed E-state index contributed by atoms with van der Waals surface area (Å²) in [7, 11) is 2.09. The van der Waals surface area contributed by atoms with Crippen molar-refractivity contribution in [2.75, 3.05) is 35.8 Å². The normalized spacial score (nSPS) is 12.3. The number of hydrogen-bond acceptors (Lipinski definition) is 5. The van der Waals surface area contributed by atoms with E-state index in [0.717, 1.165) is 36.2 Å². The largest absolute Gasteiger partial charge is 0.356 e. The zero-order valence-corrected chi connectivity index (χ0v) is 12.8. The third kappa shape index (κ3) is 4.37. The summed E-state index contributed by atoms with van der Waals surface area (Å²) in [5, 5.41) is 3.25. The van der Waals surface area contributed by atoms with E-state index in [2.05, 4.69) is 47.3 Å². The average molecular weight is 268 g/mol. The van der Waals surface area contributed by atoms with E-state index in [-0.39, 0.29) is 0 Å². The minimum Gasteiger partial charge on any atom is -0.356 e. The molecule has 1 rings (SSSR count). The van der Waals surface area contributed by atoms with Gasteiger partial charge >= 0.3 is 0 Å². The van der Waals surface area contributed by atoms with Gasteiger partial charge in [-0.05, 0) is 26.5 Å². The van der Waals surface area contributed by atoms with Crippen LogP contribution in [0.25, 0.3) is 0 Å². The highest BCUT2D eigenvalue weighted by Crippen LogP contribution is 2.17. The Morgan fingerprint density at radius 1 is 1.44 bits per heavy atom. The molecule has 0 saturated heterocycles. The lowest BCUT2D eigenvalue weighted by atomic mass is 10.3. The molecule has 0 aliphatic carbocycles. The van der Waals surface area contributed by atoms with E-state index in [0.29, 0.717) is 6.04 Å². The molecule has 0 aromatic carbocycles. The van der Waals surface area contributed by atoms with Gasteiger partial charge in [0.25, 0.3) is 0 Å². The van der Waals surface area contributed by atoms with Crippen molar-refractivity contribution in [3.05, 3.63) is 11.8 Å². The van der Waals surface area contributed by atoms with Gasteiger partial charge in [-0.2, -0.15) is 16.7 Å². The molecule has 1 aromatic heterocycles. The fourth-order valence-electron chi connectivity index (χ4n) is 1.63. The zero-order valence-electron chi connectivity index (χ0n) is 12.0. The summed E-state index contributed by atoms with van der Waals surface area (Å²) in [6.45, 7) is 7.27. The SMILES string of the molecule is CCCNc1nc(C)cc(N(C)C(C)CSC)n1. The second kappa shape index (κ2) is 7.46. The number of thioether (sulfide) groups is 1. The number of anilines is 2. The van der Waals surface area contributed by atoms with Crippen LogP contribution in [0.5, 0.6) is 0 Å². The van der Waals surface area contributed by atoms with Crippen molar-refractivity contribution in [1.82, 2.24) is 9.97 Å². The molecule has 5 heteroatoms. The molecule has 0 amide bonds. The van der Waals surface area contributed by atoms with Crippen LogP contribution in [0.1, 0.15) is 26.0 Å². The summed E-state index contributed by atoms with van der Waals surface area (Å²) >= 11 is 1.85. The Hall–Kier alpha value is -0.970. The fraction of sp³-hybridized carbons (Fsp3) is 0.692. The van der Waals surface area contributed by atoms with Crippen LogP contribution in [0, 0.1) is 6.92 Å². The van der Waals surface area contributed by atoms with Crippen molar-refractivity contribution in [1.29, 1.82) is 0 Å². The number of aryl methyl sites for hydroxylation is 1. The highest BCUT2D eigenvalue weighted by Gasteiger charge is 2.12. The summed E-state index contributed by atoms with van der Waals surface area (Å²) in [4.78, 5) is 11.2. The smallest absolute Gasteiger partial charge is 0.224 e. The van der Waals surface area contributed by atoms with Crippen LogP contribution in [-0.4, -0.2) is 41.6 Å². The van der Waals surface area contributed by atoms with Gasteiger partial charge < -0.3 is 10.2 Å². The zero-order chi connectivity index (χ0) is 13.5. The van der Waals surface area contributed by atoms with E-state index in [1.54, 1.807) is 0 Å². The van der Waals surface area contributed by atoms with E-state index in [1.807, 2.05) is 24.8 Å². The summed E-state index contributed by atoms with van der Waals surface area (Å²) in [6, 6.07) is 2.50. The molecule has 0 bridgehead atoms. The minimum atomic E-state index is 0.466. The summed E-state index contributed by atoms with van der Waals surface area (Å²) < 4.78 is 0. The van der Waals surface area contributed by atoms with Gasteiger partial charge in [-0.15, -0.1) is 0 Å². The molecule has 1 heterocycles. The number of nitrogens with zero attached hydrogens (tertiary/aromatic N) is 3. The second-order valence-corrected chi connectivity index (χ2v) is 5.44. The molecular weight excluding hydrogens is 244 g/mol. The van der Waals surface area contributed by atoms with Crippen LogP contribution in [0.4, 0.5) is 11.8 Å². The Morgan fingerprint density at radius 3 is 2.78 bits per heavy atom. The Bertz CT molecular complexity index is 370. The van der Waals surface area contributed by atoms with Gasteiger partial charge in [-0.25, -0.2) is 4.98 Å². The van der Waals surface area contributed by atoms with Crippen LogP contribution >= 0.6 is 11.8 Å². The molecule has 0 saturated carbocycles. The van der Waals surface area contributed by atoms with Crippen LogP contribution in [0.3, 0.4) is 0 Å². The van der Waals surface area contributed by atoms with Crippen molar-refractivity contribution >= 4 is 23.5 Å². The number of nitrogens with one attached hydrogen (secondary N) is 1. The molecule has 0 aliphatic rings. The van der Waals surface area contributed by atoms with Crippen molar-refractivity contribution in [2.24, 2.45) is 0 Å². The molecule has 0 radical (unpaired) electrons. The number of rotatable bonds is 7. The van der Waals surface area contributed by atoms with Crippen LogP contribution in [0.2, 0.25) is 0 Å². The van der Waals surface area contributed by atoms with Gasteiger partial charge in [-0.1, -0.05) is 6.92 Å². The Labute approximate surface area is 115 Å². The van der Waals surface area contributed by atoms with Gasteiger partial charge in [0.1, 0.15) is 5.82 Å². The summed E-state index contributed by atoms with van der Waals surface area (Å²) in [6.07, 6.45) is 3.20. The predicted octanol–water partition coefficient (Wildman–Crippen LogP) is 2.79. The molecule has 0 spiro atoms. The van der Waals surface area contributed by atoms with Crippen LogP contribution in [0.15, 0.2) is 6.07 Å². The standard InChI is InChI=1S/C13H24N4S/c1-6-7-14-13-15-10(2)8-12(16-13)17(4)11(3)9-18-5/h8,11H,6-7,9H2,1-5H3,(H,14,15,16). The van der Waals surface area contributed by atoms with E-state index in [9.17, 15) is 0 Å². The topological polar surface area (TPSA) is 41.1 Å². The maximum absolute atomic E-state index is 4.57. The van der Waals surface area contributed by atoms with Crippen molar-refractivity contribution in [3.63, 3.8) is 0 Å². The first-order chi connectivity index (χ1) is 8.58. The number of aromatic nitrogens is 2. The van der Waals surface area contributed by atoms with Gasteiger partial charge in [0.05, 0.1) is 0 Å². The molecule has 1 aromatic rings. The third-order valence-corrected chi connectivity index (χ3v) is 3.62. The molecule has 18 heavy (non-hydrogen) atoms. The third-order valence-electron chi connectivity index (χ3n) is 2.80. The Balaban J connectivity index is 2.84. The number of hydrogen-bond donors (Lipinski definition) is 1. The molecular formula is C13H24N4S. The average Bonchev–Trinajstić information content (AvgIpc) is 2.35. The summed E-state index contributed by atoms with van der Waals surface area (Å²) in [5.74, 6) is 2.81. The quantitative estimate of drug-likeness (QED) is 0.823. The van der Waals surface area contributed by atoms with E-state index < -0.39 is 0 Å². The van der Waals surface area contributed by atoms with Gasteiger partial charge in [0.15, 0.2) is 0 Å². The maximum atomic E-state index is 4.57. The lowest BCUT2D eigenvalue weighted by Crippen LogP contribution is -2.31. The first-order valence-electron chi connectivity index (χ1n) is 6.39. The minimum absolute atomic E-state index is 0.466. The van der Waals surface area contributed by atoms with E-state index >= 15 is 0 Å². The molecule has 1 atom stereocenters. The van der Waals surface area contributed by atoms with Crippen LogP contribution in [-0.2, 0) is 0 Å². The second-order valence-electron chi connectivity index (χ2n) is 4.53. The molecule has 0 aliphatic heterocycles. The molecule has 0 fully saturated rings. The Morgan fingerprint density at radius 2 is 2.17 bits per heavy atom. The molecule has 1 unspecified atom stereocenters. The molecule has 4 nitrogen and oxygen atoms in total. The van der Waals surface area contributed by atoms with Crippen molar-refractivity contribution in [2.45, 2.75) is 33.2 Å². The van der Waals surface area contributed by atoms with Crippen LogP contribution < -0.4 is 10.2 Å². The lowest BCUT2D eigenvalue weighted by Gasteiger charge is -2.25.